The molecule has 0 atom stereocenters. The van der Waals surface area contributed by atoms with Gasteiger partial charge in [0.05, 0.1) is 18.4 Å². The Bertz CT molecular complexity index is 693. The Morgan fingerprint density at radius 3 is 2.42 bits per heavy atom. The Morgan fingerprint density at radius 2 is 1.77 bits per heavy atom. The number of piperidine rings is 2. The molecular weight excluding hydrogens is 407 g/mol. The van der Waals surface area contributed by atoms with Gasteiger partial charge in [0.2, 0.25) is 0 Å². The highest BCUT2D eigenvalue weighted by molar-refractivity contribution is 6.74. The fourth-order valence-corrected chi connectivity index (χ4v) is 5.17. The molecule has 0 radical (unpaired) electrons. The van der Waals surface area contributed by atoms with Crippen LogP contribution in [0.4, 0.5) is 10.1 Å². The van der Waals surface area contributed by atoms with Gasteiger partial charge in [-0.1, -0.05) is 32.9 Å². The molecule has 2 heterocycles. The summed E-state index contributed by atoms with van der Waals surface area (Å²) in [6.07, 6.45) is 6.05. The van der Waals surface area contributed by atoms with Gasteiger partial charge in [-0.25, -0.2) is 4.39 Å². The smallest absolute Gasteiger partial charge is 0.192 e. The second-order valence-electron chi connectivity index (χ2n) is 10.8. The van der Waals surface area contributed by atoms with E-state index in [9.17, 15) is 0 Å². The molecule has 0 spiro atoms. The van der Waals surface area contributed by atoms with Crippen molar-refractivity contribution in [3.05, 3.63) is 29.6 Å². The van der Waals surface area contributed by atoms with Gasteiger partial charge in [-0.3, -0.25) is 0 Å². The van der Waals surface area contributed by atoms with E-state index >= 15 is 4.39 Å². The molecule has 1 aromatic carbocycles. The molecule has 1 aromatic rings. The van der Waals surface area contributed by atoms with Crippen molar-refractivity contribution < 1.29 is 13.6 Å². The number of anilines is 1. The van der Waals surface area contributed by atoms with Crippen molar-refractivity contribution in [2.75, 3.05) is 37.7 Å². The van der Waals surface area contributed by atoms with Crippen LogP contribution >= 0.6 is 0 Å². The Morgan fingerprint density at radius 1 is 1.10 bits per heavy atom. The minimum Gasteiger partial charge on any atom is -0.412 e. The predicted octanol–water partition coefficient (Wildman–Crippen LogP) is 5.72. The van der Waals surface area contributed by atoms with Crippen LogP contribution in [0.3, 0.4) is 0 Å². The first-order chi connectivity index (χ1) is 14.7. The number of hydrogen-bond donors (Lipinski definition) is 1. The zero-order valence-electron chi connectivity index (χ0n) is 20.3. The van der Waals surface area contributed by atoms with Gasteiger partial charge in [0.25, 0.3) is 0 Å². The number of nitrogens with one attached hydrogen (secondary N) is 1. The van der Waals surface area contributed by atoms with Crippen LogP contribution in [-0.4, -0.2) is 47.2 Å². The van der Waals surface area contributed by atoms with Crippen molar-refractivity contribution in [1.82, 2.24) is 5.32 Å². The summed E-state index contributed by atoms with van der Waals surface area (Å²) in [7, 11) is -1.90. The van der Waals surface area contributed by atoms with Gasteiger partial charge < -0.3 is 19.4 Å². The molecule has 0 aliphatic carbocycles. The third kappa shape index (κ3) is 6.76. The maximum absolute atomic E-state index is 15.3. The zero-order chi connectivity index (χ0) is 22.5. The molecule has 0 saturated carbocycles. The Balaban J connectivity index is 1.48. The summed E-state index contributed by atoms with van der Waals surface area (Å²) in [4.78, 5) is 2.22. The van der Waals surface area contributed by atoms with Crippen molar-refractivity contribution in [3.8, 4) is 0 Å². The van der Waals surface area contributed by atoms with Gasteiger partial charge in [-0.15, -0.1) is 0 Å². The minimum absolute atomic E-state index is 0.103. The van der Waals surface area contributed by atoms with E-state index in [1.54, 1.807) is 0 Å². The molecule has 2 aliphatic rings. The zero-order valence-corrected chi connectivity index (χ0v) is 21.3. The molecule has 3 rings (SSSR count). The third-order valence-electron chi connectivity index (χ3n) is 7.57. The first-order valence-electron chi connectivity index (χ1n) is 12.2. The number of hydrogen-bond acceptors (Lipinski definition) is 4. The largest absolute Gasteiger partial charge is 0.412 e. The number of ether oxygens (including phenoxy) is 1. The number of benzene rings is 1. The molecule has 2 aliphatic heterocycles. The maximum atomic E-state index is 15.3. The van der Waals surface area contributed by atoms with E-state index in [4.69, 9.17) is 9.16 Å². The topological polar surface area (TPSA) is 33.7 Å². The maximum Gasteiger partial charge on any atom is 0.192 e. The fourth-order valence-electron chi connectivity index (χ4n) is 4.22. The lowest BCUT2D eigenvalue weighted by Crippen LogP contribution is -2.40. The second kappa shape index (κ2) is 10.8. The highest BCUT2D eigenvalue weighted by Crippen LogP contribution is 2.37. The SMILES string of the molecule is CC(C)(C)[Si](C)(C)OCc1cccc(N2CCC(CCOC3CCNCC3)CC2)c1F. The van der Waals surface area contributed by atoms with Crippen LogP contribution in [-0.2, 0) is 15.8 Å². The molecule has 1 N–H and O–H groups in total. The van der Waals surface area contributed by atoms with Crippen LogP contribution in [0.5, 0.6) is 0 Å². The average Bonchev–Trinajstić information content (AvgIpc) is 2.74. The summed E-state index contributed by atoms with van der Waals surface area (Å²) in [6.45, 7) is 16.3. The van der Waals surface area contributed by atoms with Crippen molar-refractivity contribution in [3.63, 3.8) is 0 Å². The average molecular weight is 451 g/mol. The van der Waals surface area contributed by atoms with E-state index in [1.807, 2.05) is 18.2 Å². The van der Waals surface area contributed by atoms with Crippen LogP contribution in [0.2, 0.25) is 18.1 Å². The Hall–Kier alpha value is -0.953. The van der Waals surface area contributed by atoms with Crippen LogP contribution < -0.4 is 10.2 Å². The van der Waals surface area contributed by atoms with Crippen molar-refractivity contribution in [1.29, 1.82) is 0 Å². The van der Waals surface area contributed by atoms with Gasteiger partial charge in [0.15, 0.2) is 14.1 Å². The Labute approximate surface area is 190 Å². The van der Waals surface area contributed by atoms with Crippen molar-refractivity contribution in [2.24, 2.45) is 5.92 Å². The number of rotatable bonds is 8. The molecule has 0 unspecified atom stereocenters. The molecule has 31 heavy (non-hydrogen) atoms. The molecule has 4 nitrogen and oxygen atoms in total. The summed E-state index contributed by atoms with van der Waals surface area (Å²) >= 11 is 0. The fraction of sp³-hybridized carbons (Fsp3) is 0.760. The predicted molar refractivity (Wildman–Crippen MR) is 130 cm³/mol. The van der Waals surface area contributed by atoms with Crippen molar-refractivity contribution >= 4 is 14.0 Å². The molecule has 2 saturated heterocycles. The number of nitrogens with zero attached hydrogens (tertiary/aromatic N) is 1. The lowest BCUT2D eigenvalue weighted by molar-refractivity contribution is 0.0241. The first-order valence-corrected chi connectivity index (χ1v) is 15.1. The minimum atomic E-state index is -1.90. The Kier molecular flexibility index (Phi) is 8.58. The van der Waals surface area contributed by atoms with Crippen LogP contribution in [0.25, 0.3) is 0 Å². The lowest BCUT2D eigenvalue weighted by atomic mass is 9.93. The molecule has 176 valence electrons. The van der Waals surface area contributed by atoms with Crippen LogP contribution in [0.15, 0.2) is 18.2 Å². The highest BCUT2D eigenvalue weighted by atomic mass is 28.4. The molecule has 2 fully saturated rings. The van der Waals surface area contributed by atoms with Gasteiger partial charge in [0, 0.05) is 25.3 Å². The summed E-state index contributed by atoms with van der Waals surface area (Å²) in [6, 6.07) is 5.77. The van der Waals surface area contributed by atoms with Crippen LogP contribution in [0.1, 0.15) is 58.4 Å². The van der Waals surface area contributed by atoms with E-state index in [1.165, 1.54) is 0 Å². The summed E-state index contributed by atoms with van der Waals surface area (Å²) in [5.41, 5.74) is 1.42. The molecular formula is C25H43FN2O2Si. The first kappa shape index (κ1) is 24.7. The summed E-state index contributed by atoms with van der Waals surface area (Å²) in [5.74, 6) is 0.583. The van der Waals surface area contributed by atoms with Gasteiger partial charge in [0.1, 0.15) is 0 Å². The number of halogens is 1. The molecule has 0 bridgehead atoms. The lowest BCUT2D eigenvalue weighted by Gasteiger charge is -2.36. The summed E-state index contributed by atoms with van der Waals surface area (Å²) in [5, 5.41) is 3.51. The molecule has 6 heteroatoms. The standard InChI is InChI=1S/C25H43FN2O2Si/c1-25(2,3)31(4,5)30-19-21-7-6-8-23(24(21)26)28-16-11-20(12-17-28)13-18-29-22-9-14-27-15-10-22/h6-8,20,22,27H,9-19H2,1-5H3. The molecule has 0 aromatic heterocycles. The third-order valence-corrected chi connectivity index (χ3v) is 12.1. The van der Waals surface area contributed by atoms with Gasteiger partial charge in [-0.2, -0.15) is 0 Å². The summed E-state index contributed by atoms with van der Waals surface area (Å²) < 4.78 is 27.7. The van der Waals surface area contributed by atoms with E-state index in [0.29, 0.717) is 24.2 Å². The van der Waals surface area contributed by atoms with Gasteiger partial charge >= 0.3 is 0 Å². The highest BCUT2D eigenvalue weighted by Gasteiger charge is 2.37. The second-order valence-corrected chi connectivity index (χ2v) is 15.6. The monoisotopic (exact) mass is 450 g/mol. The molecule has 0 amide bonds. The van der Waals surface area contributed by atoms with E-state index in [2.05, 4.69) is 44.1 Å². The normalized spacial score (nSPS) is 19.7. The van der Waals surface area contributed by atoms with Crippen LogP contribution in [0, 0.1) is 11.7 Å². The quantitative estimate of drug-likeness (QED) is 0.513. The van der Waals surface area contributed by atoms with Gasteiger partial charge in [-0.05, 0) is 75.3 Å². The van der Waals surface area contributed by atoms with E-state index < -0.39 is 8.32 Å². The van der Waals surface area contributed by atoms with E-state index in [-0.39, 0.29) is 10.9 Å². The van der Waals surface area contributed by atoms with E-state index in [0.717, 1.165) is 70.6 Å². The van der Waals surface area contributed by atoms with Crippen molar-refractivity contribution in [2.45, 2.75) is 83.7 Å².